The highest BCUT2D eigenvalue weighted by molar-refractivity contribution is 7.09. The Morgan fingerprint density at radius 1 is 1.25 bits per heavy atom. The first-order valence-electron chi connectivity index (χ1n) is 7.09. The number of nitrogens with zero attached hydrogens (tertiary/aromatic N) is 4. The Morgan fingerprint density at radius 3 is 2.79 bits per heavy atom. The van der Waals surface area contributed by atoms with Crippen molar-refractivity contribution in [3.05, 3.63) is 68.4 Å². The number of nitrogen functional groups attached to an aromatic ring is 1. The van der Waals surface area contributed by atoms with E-state index >= 15 is 0 Å². The fourth-order valence-corrected chi connectivity index (χ4v) is 2.99. The molecule has 0 saturated heterocycles. The van der Waals surface area contributed by atoms with Crippen LogP contribution < -0.4 is 11.1 Å². The molecule has 0 unspecified atom stereocenters. The van der Waals surface area contributed by atoms with Crippen molar-refractivity contribution < 1.29 is 4.92 Å². The summed E-state index contributed by atoms with van der Waals surface area (Å²) in [7, 11) is 0. The minimum absolute atomic E-state index is 0.0881. The lowest BCUT2D eigenvalue weighted by Gasteiger charge is -2.05. The molecule has 0 radical (unpaired) electrons. The van der Waals surface area contributed by atoms with Crippen LogP contribution in [0.15, 0.2) is 42.0 Å². The van der Waals surface area contributed by atoms with E-state index in [0.717, 1.165) is 17.1 Å². The van der Waals surface area contributed by atoms with Crippen LogP contribution in [-0.2, 0) is 13.0 Å². The van der Waals surface area contributed by atoms with E-state index in [1.807, 2.05) is 35.7 Å². The fourth-order valence-electron chi connectivity index (χ4n) is 2.16. The first-order chi connectivity index (χ1) is 11.6. The lowest BCUT2D eigenvalue weighted by molar-refractivity contribution is -0.383. The van der Waals surface area contributed by atoms with Crippen LogP contribution in [0.3, 0.4) is 0 Å². The Bertz CT molecular complexity index is 852. The van der Waals surface area contributed by atoms with Crippen molar-refractivity contribution in [2.24, 2.45) is 0 Å². The van der Waals surface area contributed by atoms with Gasteiger partial charge in [0, 0.05) is 11.8 Å². The first kappa shape index (κ1) is 15.8. The summed E-state index contributed by atoms with van der Waals surface area (Å²) in [6, 6.07) is 10.0. The monoisotopic (exact) mass is 342 g/mol. The third kappa shape index (κ3) is 3.63. The molecule has 0 aliphatic heterocycles. The lowest BCUT2D eigenvalue weighted by atomic mass is 10.2. The highest BCUT2D eigenvalue weighted by Crippen LogP contribution is 2.26. The van der Waals surface area contributed by atoms with Crippen LogP contribution in [0.5, 0.6) is 0 Å². The molecule has 2 heterocycles. The summed E-state index contributed by atoms with van der Waals surface area (Å²) in [5.41, 5.74) is 7.19. The van der Waals surface area contributed by atoms with E-state index in [-0.39, 0.29) is 17.3 Å². The van der Waals surface area contributed by atoms with Crippen molar-refractivity contribution in [1.82, 2.24) is 15.0 Å². The van der Waals surface area contributed by atoms with Crippen LogP contribution in [0, 0.1) is 10.1 Å². The maximum absolute atomic E-state index is 11.1. The van der Waals surface area contributed by atoms with Gasteiger partial charge in [0.15, 0.2) is 0 Å². The van der Waals surface area contributed by atoms with Gasteiger partial charge in [-0.15, -0.1) is 11.3 Å². The molecular weight excluding hydrogens is 328 g/mol. The molecule has 0 spiro atoms. The van der Waals surface area contributed by atoms with Crippen LogP contribution in [0.4, 0.5) is 17.3 Å². The number of rotatable bonds is 6. The number of hydrogen-bond donors (Lipinski definition) is 2. The fraction of sp³-hybridized carbons (Fsp3) is 0.133. The van der Waals surface area contributed by atoms with Gasteiger partial charge >= 0.3 is 5.69 Å². The third-order valence-corrected chi connectivity index (χ3v) is 4.17. The van der Waals surface area contributed by atoms with Gasteiger partial charge in [-0.3, -0.25) is 10.1 Å². The molecule has 24 heavy (non-hydrogen) atoms. The molecule has 3 N–H and O–H groups in total. The molecule has 0 aliphatic rings. The van der Waals surface area contributed by atoms with E-state index in [0.29, 0.717) is 6.54 Å². The second-order valence-corrected chi connectivity index (χ2v) is 5.90. The number of anilines is 2. The van der Waals surface area contributed by atoms with Crippen molar-refractivity contribution in [3.8, 4) is 0 Å². The highest BCUT2D eigenvalue weighted by Gasteiger charge is 2.20. The maximum Gasteiger partial charge on any atom is 0.352 e. The molecule has 3 rings (SSSR count). The first-order valence-corrected chi connectivity index (χ1v) is 7.97. The zero-order valence-corrected chi connectivity index (χ0v) is 13.4. The average Bonchev–Trinajstić information content (AvgIpc) is 3.01. The SMILES string of the molecule is Nc1ncnc(NCc2csc(Cc3ccccc3)n2)c1[N+](=O)[O-]. The van der Waals surface area contributed by atoms with Crippen LogP contribution in [0.25, 0.3) is 0 Å². The third-order valence-electron chi connectivity index (χ3n) is 3.27. The summed E-state index contributed by atoms with van der Waals surface area (Å²) >= 11 is 1.55. The van der Waals surface area contributed by atoms with E-state index in [1.165, 1.54) is 11.9 Å². The topological polar surface area (TPSA) is 120 Å². The van der Waals surface area contributed by atoms with Gasteiger partial charge < -0.3 is 11.1 Å². The van der Waals surface area contributed by atoms with E-state index in [1.54, 1.807) is 11.3 Å². The van der Waals surface area contributed by atoms with Crippen LogP contribution in [0.1, 0.15) is 16.3 Å². The molecule has 0 amide bonds. The minimum Gasteiger partial charge on any atom is -0.378 e. The van der Waals surface area contributed by atoms with E-state index in [9.17, 15) is 10.1 Å². The van der Waals surface area contributed by atoms with Gasteiger partial charge in [0.2, 0.25) is 11.6 Å². The van der Waals surface area contributed by atoms with Gasteiger partial charge in [0.05, 0.1) is 22.2 Å². The predicted octanol–water partition coefficient (Wildman–Crippen LogP) is 2.63. The van der Waals surface area contributed by atoms with Gasteiger partial charge in [0.25, 0.3) is 0 Å². The molecule has 0 atom stereocenters. The van der Waals surface area contributed by atoms with E-state index in [4.69, 9.17) is 5.73 Å². The van der Waals surface area contributed by atoms with Crippen LogP contribution in [0.2, 0.25) is 0 Å². The van der Waals surface area contributed by atoms with Gasteiger partial charge in [-0.1, -0.05) is 30.3 Å². The second-order valence-electron chi connectivity index (χ2n) is 4.96. The van der Waals surface area contributed by atoms with Crippen molar-refractivity contribution in [3.63, 3.8) is 0 Å². The molecule has 0 aliphatic carbocycles. The number of nitro groups is 1. The quantitative estimate of drug-likeness (QED) is 0.522. The second kappa shape index (κ2) is 7.01. The van der Waals surface area contributed by atoms with Gasteiger partial charge in [-0.05, 0) is 5.56 Å². The van der Waals surface area contributed by atoms with Gasteiger partial charge in [-0.2, -0.15) is 0 Å². The summed E-state index contributed by atoms with van der Waals surface area (Å²) in [4.78, 5) is 22.5. The number of aromatic nitrogens is 3. The lowest BCUT2D eigenvalue weighted by Crippen LogP contribution is -2.08. The molecule has 9 heteroatoms. The predicted molar refractivity (Wildman–Crippen MR) is 91.8 cm³/mol. The number of benzene rings is 1. The molecular formula is C15H14N6O2S. The molecule has 0 fully saturated rings. The maximum atomic E-state index is 11.1. The van der Waals surface area contributed by atoms with E-state index < -0.39 is 4.92 Å². The Labute approximate surface area is 141 Å². The normalized spacial score (nSPS) is 10.5. The number of nitrogens with two attached hydrogens (primary N) is 1. The largest absolute Gasteiger partial charge is 0.378 e. The summed E-state index contributed by atoms with van der Waals surface area (Å²) in [6.07, 6.45) is 1.94. The van der Waals surface area contributed by atoms with Crippen LogP contribution >= 0.6 is 11.3 Å². The standard InChI is InChI=1S/C15H14N6O2S/c16-14-13(21(22)23)15(19-9-18-14)17-7-11-8-24-12(20-11)6-10-4-2-1-3-5-10/h1-5,8-9H,6-7H2,(H3,16,17,18,19). The molecule has 2 aromatic heterocycles. The van der Waals surface area contributed by atoms with Crippen molar-refractivity contribution in [2.45, 2.75) is 13.0 Å². The zero-order chi connectivity index (χ0) is 16.9. The zero-order valence-electron chi connectivity index (χ0n) is 12.5. The molecule has 122 valence electrons. The summed E-state index contributed by atoms with van der Waals surface area (Å²) in [6.45, 7) is 0.322. The van der Waals surface area contributed by atoms with Gasteiger partial charge in [0.1, 0.15) is 6.33 Å². The van der Waals surface area contributed by atoms with E-state index in [2.05, 4.69) is 20.3 Å². The number of hydrogen-bond acceptors (Lipinski definition) is 8. The van der Waals surface area contributed by atoms with Crippen LogP contribution in [-0.4, -0.2) is 19.9 Å². The average molecular weight is 342 g/mol. The van der Waals surface area contributed by atoms with Crippen molar-refractivity contribution >= 4 is 28.7 Å². The van der Waals surface area contributed by atoms with Crippen molar-refractivity contribution in [2.75, 3.05) is 11.1 Å². The van der Waals surface area contributed by atoms with Crippen molar-refractivity contribution in [1.29, 1.82) is 0 Å². The number of nitrogens with one attached hydrogen (secondary N) is 1. The molecule has 1 aromatic carbocycles. The Hall–Kier alpha value is -3.07. The van der Waals surface area contributed by atoms with Gasteiger partial charge in [-0.25, -0.2) is 15.0 Å². The minimum atomic E-state index is -0.598. The molecule has 3 aromatic rings. The Morgan fingerprint density at radius 2 is 2.04 bits per heavy atom. The Kier molecular flexibility index (Phi) is 4.62. The smallest absolute Gasteiger partial charge is 0.352 e. The summed E-state index contributed by atoms with van der Waals surface area (Å²) in [5.74, 6) is -0.0781. The highest BCUT2D eigenvalue weighted by atomic mass is 32.1. The molecule has 0 bridgehead atoms. The molecule has 0 saturated carbocycles. The summed E-state index contributed by atoms with van der Waals surface area (Å²) in [5, 5.41) is 16.9. The number of thiazole rings is 1. The molecule has 8 nitrogen and oxygen atoms in total. The Balaban J connectivity index is 1.68. The summed E-state index contributed by atoms with van der Waals surface area (Å²) < 4.78 is 0.